The average molecular weight is 357 g/mol. The molecule has 26 heavy (non-hydrogen) atoms. The summed E-state index contributed by atoms with van der Waals surface area (Å²) >= 11 is 0. The van der Waals surface area contributed by atoms with E-state index in [-0.39, 0.29) is 0 Å². The summed E-state index contributed by atoms with van der Waals surface area (Å²) in [4.78, 5) is 6.61. The standard InChI is InChI=1S/C21H31N3O2/c1-4-15-26-20-7-5-18(6-8-20)9-13-23-21(22-2)24(3)14-10-19-11-16-25-17-12-19/h1,5-8,19H,9-17H2,2-3H3,(H,22,23). The first kappa shape index (κ1) is 20.1. The van der Waals surface area contributed by atoms with E-state index in [9.17, 15) is 0 Å². The van der Waals surface area contributed by atoms with Gasteiger partial charge in [-0.1, -0.05) is 18.1 Å². The SMILES string of the molecule is C#CCOc1ccc(CCNC(=NC)N(C)CCC2CCOCC2)cc1. The van der Waals surface area contributed by atoms with Crippen LogP contribution in [0.25, 0.3) is 0 Å². The van der Waals surface area contributed by atoms with Crippen molar-refractivity contribution >= 4 is 5.96 Å². The molecule has 0 bridgehead atoms. The van der Waals surface area contributed by atoms with Crippen LogP contribution in [0.15, 0.2) is 29.3 Å². The van der Waals surface area contributed by atoms with Crippen LogP contribution in [0.3, 0.4) is 0 Å². The van der Waals surface area contributed by atoms with Gasteiger partial charge in [0.1, 0.15) is 12.4 Å². The van der Waals surface area contributed by atoms with Crippen LogP contribution >= 0.6 is 0 Å². The van der Waals surface area contributed by atoms with Crippen LogP contribution in [0, 0.1) is 18.3 Å². The molecule has 142 valence electrons. The normalized spacial score (nSPS) is 15.3. The topological polar surface area (TPSA) is 46.1 Å². The molecule has 0 aliphatic carbocycles. The van der Waals surface area contributed by atoms with Gasteiger partial charge in [-0.15, -0.1) is 6.42 Å². The Balaban J connectivity index is 1.69. The van der Waals surface area contributed by atoms with Crippen LogP contribution in [0.4, 0.5) is 0 Å². The van der Waals surface area contributed by atoms with Gasteiger partial charge in [0.15, 0.2) is 5.96 Å². The molecule has 1 saturated heterocycles. The largest absolute Gasteiger partial charge is 0.481 e. The Morgan fingerprint density at radius 1 is 1.35 bits per heavy atom. The van der Waals surface area contributed by atoms with Crippen LogP contribution in [0.5, 0.6) is 5.75 Å². The summed E-state index contributed by atoms with van der Waals surface area (Å²) in [5.74, 6) is 5.01. The first-order chi connectivity index (χ1) is 12.7. The Morgan fingerprint density at radius 2 is 2.08 bits per heavy atom. The second kappa shape index (κ2) is 11.4. The highest BCUT2D eigenvalue weighted by Crippen LogP contribution is 2.18. The summed E-state index contributed by atoms with van der Waals surface area (Å²) in [6.07, 6.45) is 9.69. The number of hydrogen-bond donors (Lipinski definition) is 1. The molecular formula is C21H31N3O2. The Bertz CT molecular complexity index is 586. The Morgan fingerprint density at radius 3 is 2.73 bits per heavy atom. The Labute approximate surface area is 157 Å². The molecule has 2 rings (SSSR count). The molecule has 0 spiro atoms. The maximum absolute atomic E-state index is 5.43. The molecule has 5 nitrogen and oxygen atoms in total. The van der Waals surface area contributed by atoms with E-state index in [1.807, 2.05) is 19.2 Å². The summed E-state index contributed by atoms with van der Waals surface area (Å²) < 4.78 is 10.8. The van der Waals surface area contributed by atoms with Crippen molar-refractivity contribution < 1.29 is 9.47 Å². The molecule has 1 heterocycles. The lowest BCUT2D eigenvalue weighted by atomic mass is 9.96. The van der Waals surface area contributed by atoms with Gasteiger partial charge < -0.3 is 19.7 Å². The van der Waals surface area contributed by atoms with E-state index in [1.54, 1.807) is 0 Å². The molecule has 0 amide bonds. The fourth-order valence-corrected chi connectivity index (χ4v) is 3.10. The number of ether oxygens (including phenoxy) is 2. The van der Waals surface area contributed by atoms with Crippen molar-refractivity contribution in [1.29, 1.82) is 0 Å². The monoisotopic (exact) mass is 357 g/mol. The third kappa shape index (κ3) is 6.97. The molecule has 0 radical (unpaired) electrons. The minimum Gasteiger partial charge on any atom is -0.481 e. The highest BCUT2D eigenvalue weighted by atomic mass is 16.5. The Hall–Kier alpha value is -2.19. The van der Waals surface area contributed by atoms with E-state index in [2.05, 4.69) is 40.3 Å². The van der Waals surface area contributed by atoms with Gasteiger partial charge in [0, 0.05) is 40.4 Å². The first-order valence-corrected chi connectivity index (χ1v) is 9.37. The fourth-order valence-electron chi connectivity index (χ4n) is 3.10. The number of guanidine groups is 1. The van der Waals surface area contributed by atoms with Crippen molar-refractivity contribution in [1.82, 2.24) is 10.2 Å². The van der Waals surface area contributed by atoms with E-state index >= 15 is 0 Å². The van der Waals surface area contributed by atoms with Crippen LogP contribution < -0.4 is 10.1 Å². The van der Waals surface area contributed by atoms with Gasteiger partial charge in [-0.3, -0.25) is 4.99 Å². The number of terminal acetylenes is 1. The van der Waals surface area contributed by atoms with Gasteiger partial charge in [0.2, 0.25) is 0 Å². The van der Waals surface area contributed by atoms with Gasteiger partial charge in [-0.25, -0.2) is 0 Å². The van der Waals surface area contributed by atoms with E-state index in [1.165, 1.54) is 24.8 Å². The summed E-state index contributed by atoms with van der Waals surface area (Å²) in [7, 11) is 3.94. The molecule has 5 heteroatoms. The number of hydrogen-bond acceptors (Lipinski definition) is 3. The number of aliphatic imine (C=N–C) groups is 1. The van der Waals surface area contributed by atoms with Crippen molar-refractivity contribution in [2.45, 2.75) is 25.7 Å². The lowest BCUT2D eigenvalue weighted by Crippen LogP contribution is -2.40. The predicted molar refractivity (Wildman–Crippen MR) is 107 cm³/mol. The lowest BCUT2D eigenvalue weighted by molar-refractivity contribution is 0.0625. The van der Waals surface area contributed by atoms with Crippen LogP contribution in [-0.4, -0.2) is 57.9 Å². The second-order valence-electron chi connectivity index (χ2n) is 6.63. The molecule has 0 atom stereocenters. The van der Waals surface area contributed by atoms with E-state index in [0.29, 0.717) is 6.61 Å². The lowest BCUT2D eigenvalue weighted by Gasteiger charge is -2.26. The molecule has 1 fully saturated rings. The van der Waals surface area contributed by atoms with Crippen molar-refractivity contribution in [3.05, 3.63) is 29.8 Å². The van der Waals surface area contributed by atoms with E-state index in [0.717, 1.165) is 50.4 Å². The Kier molecular flexibility index (Phi) is 8.85. The zero-order chi connectivity index (χ0) is 18.6. The zero-order valence-electron chi connectivity index (χ0n) is 16.0. The highest BCUT2D eigenvalue weighted by molar-refractivity contribution is 5.79. The van der Waals surface area contributed by atoms with Crippen molar-refractivity contribution in [3.63, 3.8) is 0 Å². The van der Waals surface area contributed by atoms with Crippen LogP contribution in [0.1, 0.15) is 24.8 Å². The maximum atomic E-state index is 5.43. The second-order valence-corrected chi connectivity index (χ2v) is 6.63. The predicted octanol–water partition coefficient (Wildman–Crippen LogP) is 2.57. The van der Waals surface area contributed by atoms with Gasteiger partial charge in [0.25, 0.3) is 0 Å². The van der Waals surface area contributed by atoms with Gasteiger partial charge in [-0.2, -0.15) is 0 Å². The summed E-state index contributed by atoms with van der Waals surface area (Å²) in [5, 5.41) is 3.45. The average Bonchev–Trinajstić information content (AvgIpc) is 2.69. The quantitative estimate of drug-likeness (QED) is 0.441. The van der Waals surface area contributed by atoms with Crippen LogP contribution in [0.2, 0.25) is 0 Å². The molecule has 0 unspecified atom stereocenters. The molecule has 1 aromatic carbocycles. The van der Waals surface area contributed by atoms with Crippen molar-refractivity contribution in [3.8, 4) is 18.1 Å². The van der Waals surface area contributed by atoms with Crippen molar-refractivity contribution in [2.24, 2.45) is 10.9 Å². The molecule has 1 aliphatic heterocycles. The number of nitrogens with zero attached hydrogens (tertiary/aromatic N) is 2. The highest BCUT2D eigenvalue weighted by Gasteiger charge is 2.15. The van der Waals surface area contributed by atoms with Gasteiger partial charge in [-0.05, 0) is 49.3 Å². The minimum absolute atomic E-state index is 0.303. The molecule has 1 aliphatic rings. The number of nitrogens with one attached hydrogen (secondary N) is 1. The molecule has 1 N–H and O–H groups in total. The minimum atomic E-state index is 0.303. The third-order valence-corrected chi connectivity index (χ3v) is 4.73. The summed E-state index contributed by atoms with van der Waals surface area (Å²) in [6.45, 7) is 3.99. The van der Waals surface area contributed by atoms with Gasteiger partial charge >= 0.3 is 0 Å². The first-order valence-electron chi connectivity index (χ1n) is 9.37. The van der Waals surface area contributed by atoms with Crippen LogP contribution in [-0.2, 0) is 11.2 Å². The number of benzene rings is 1. The molecule has 0 aromatic heterocycles. The van der Waals surface area contributed by atoms with Gasteiger partial charge in [0.05, 0.1) is 0 Å². The van der Waals surface area contributed by atoms with Crippen molar-refractivity contribution in [2.75, 3.05) is 47.0 Å². The summed E-state index contributed by atoms with van der Waals surface area (Å²) in [5.41, 5.74) is 1.26. The van der Waals surface area contributed by atoms with E-state index in [4.69, 9.17) is 15.9 Å². The fraction of sp³-hybridized carbons (Fsp3) is 0.571. The van der Waals surface area contributed by atoms with E-state index < -0.39 is 0 Å². The molecule has 0 saturated carbocycles. The maximum Gasteiger partial charge on any atom is 0.193 e. The molecular weight excluding hydrogens is 326 g/mol. The number of rotatable bonds is 8. The molecule has 1 aromatic rings. The smallest absolute Gasteiger partial charge is 0.193 e. The summed E-state index contributed by atoms with van der Waals surface area (Å²) in [6, 6.07) is 8.07. The third-order valence-electron chi connectivity index (χ3n) is 4.73. The zero-order valence-corrected chi connectivity index (χ0v) is 16.0.